The minimum Gasteiger partial charge on any atom is -0.508 e. The van der Waals surface area contributed by atoms with Crippen LogP contribution in [-0.4, -0.2) is 20.3 Å². The Morgan fingerprint density at radius 2 is 2.00 bits per heavy atom. The first-order valence-corrected chi connectivity index (χ1v) is 11.6. The molecular weight excluding hydrogens is 448 g/mol. The summed E-state index contributed by atoms with van der Waals surface area (Å²) in [6, 6.07) is 15.8. The molecule has 1 spiro atoms. The van der Waals surface area contributed by atoms with Crippen LogP contribution in [0, 0.1) is 0 Å². The van der Waals surface area contributed by atoms with Gasteiger partial charge in [-0.3, -0.25) is 10.6 Å². The van der Waals surface area contributed by atoms with Gasteiger partial charge in [0.25, 0.3) is 0 Å². The average molecular weight is 475 g/mol. The summed E-state index contributed by atoms with van der Waals surface area (Å²) in [5.74, 6) is 1.75. The van der Waals surface area contributed by atoms with Gasteiger partial charge in [-0.05, 0) is 53.9 Å². The van der Waals surface area contributed by atoms with Gasteiger partial charge in [-0.2, -0.15) is 0 Å². The van der Waals surface area contributed by atoms with E-state index in [9.17, 15) is 5.11 Å². The second kappa shape index (κ2) is 7.65. The van der Waals surface area contributed by atoms with Crippen LogP contribution in [0.2, 0.25) is 0 Å². The number of phenols is 1. The van der Waals surface area contributed by atoms with Crippen LogP contribution in [0.3, 0.4) is 0 Å². The lowest BCUT2D eigenvalue weighted by atomic mass is 9.72. The third-order valence-electron chi connectivity index (χ3n) is 5.50. The summed E-state index contributed by atoms with van der Waals surface area (Å²) in [5.41, 5.74) is 1.77. The van der Waals surface area contributed by atoms with Crippen molar-refractivity contribution in [3.8, 4) is 11.5 Å². The molecule has 0 saturated carbocycles. The van der Waals surface area contributed by atoms with Crippen LogP contribution in [0.15, 0.2) is 61.2 Å². The van der Waals surface area contributed by atoms with Crippen LogP contribution in [0.5, 0.6) is 11.5 Å². The summed E-state index contributed by atoms with van der Waals surface area (Å²) in [4.78, 5) is 0. The zero-order valence-electron chi connectivity index (χ0n) is 16.7. The van der Waals surface area contributed by atoms with Crippen molar-refractivity contribution in [3.05, 3.63) is 72.3 Å². The van der Waals surface area contributed by atoms with Gasteiger partial charge >= 0.3 is 0 Å². The highest BCUT2D eigenvalue weighted by Crippen LogP contribution is 2.53. The van der Waals surface area contributed by atoms with Gasteiger partial charge in [-0.1, -0.05) is 36.4 Å². The smallest absolute Gasteiger partial charge is 0.176 e. The maximum Gasteiger partial charge on any atom is 0.176 e. The quantitative estimate of drug-likeness (QED) is 0.314. The molecule has 2 heterocycles. The Kier molecular flexibility index (Phi) is 5.49. The molecule has 1 saturated heterocycles. The molecule has 0 radical (unpaired) electrons. The molecule has 4 nitrogen and oxygen atoms in total. The summed E-state index contributed by atoms with van der Waals surface area (Å²) >= 11 is 5.66. The molecule has 1 fully saturated rings. The molecule has 3 atom stereocenters. The van der Waals surface area contributed by atoms with E-state index in [0.29, 0.717) is 0 Å². The molecule has 0 bridgehead atoms. The Hall–Kier alpha value is -1.47. The van der Waals surface area contributed by atoms with Gasteiger partial charge in [0.1, 0.15) is 17.6 Å². The molecule has 3 N–H and O–H groups in total. The van der Waals surface area contributed by atoms with Crippen LogP contribution in [0.25, 0.3) is 0 Å². The van der Waals surface area contributed by atoms with E-state index in [2.05, 4.69) is 59.1 Å². The lowest BCUT2D eigenvalue weighted by Crippen LogP contribution is -2.71. The minimum atomic E-state index is -0.503. The van der Waals surface area contributed by atoms with Crippen molar-refractivity contribution >= 4 is 27.7 Å². The molecule has 2 aromatic carbocycles. The van der Waals surface area contributed by atoms with Crippen molar-refractivity contribution in [3.63, 3.8) is 0 Å². The maximum absolute atomic E-state index is 10.1. The summed E-state index contributed by atoms with van der Waals surface area (Å²) in [6.07, 6.45) is 3.48. The fraction of sp³-hybridized carbons (Fsp3) is 0.391. The molecule has 4 rings (SSSR count). The number of hydrogen-bond donors (Lipinski definition) is 3. The zero-order valence-corrected chi connectivity index (χ0v) is 19.1. The molecule has 0 unspecified atom stereocenters. The van der Waals surface area contributed by atoms with Crippen LogP contribution in [0.4, 0.5) is 0 Å². The van der Waals surface area contributed by atoms with E-state index >= 15 is 0 Å². The first-order valence-electron chi connectivity index (χ1n) is 9.82. The largest absolute Gasteiger partial charge is 0.508 e. The van der Waals surface area contributed by atoms with E-state index in [1.54, 1.807) is 23.9 Å². The zero-order chi connectivity index (χ0) is 20.7. The van der Waals surface area contributed by atoms with Gasteiger partial charge in [0.05, 0.1) is 5.54 Å². The SMILES string of the molecule is C=CCS[C@@]1(Br)NC(C)(C)C[C@]2(C[C@H](c3ccccc3)Oc3cc(O)ccc32)N1. The molecule has 29 heavy (non-hydrogen) atoms. The Morgan fingerprint density at radius 1 is 1.24 bits per heavy atom. The molecule has 0 aromatic heterocycles. The van der Waals surface area contributed by atoms with Gasteiger partial charge in [-0.15, -0.1) is 18.3 Å². The fourth-order valence-electron chi connectivity index (χ4n) is 4.63. The number of aromatic hydroxyl groups is 1. The van der Waals surface area contributed by atoms with Crippen molar-refractivity contribution in [2.75, 3.05) is 5.75 Å². The minimum absolute atomic E-state index is 0.104. The fourth-order valence-corrected chi connectivity index (χ4v) is 6.90. The lowest BCUT2D eigenvalue weighted by molar-refractivity contribution is 0.0469. The van der Waals surface area contributed by atoms with Crippen molar-refractivity contribution in [1.29, 1.82) is 0 Å². The second-order valence-electron chi connectivity index (χ2n) is 8.49. The number of nitrogens with one attached hydrogen (secondary N) is 2. The summed E-state index contributed by atoms with van der Waals surface area (Å²) in [5, 5.41) is 17.7. The van der Waals surface area contributed by atoms with E-state index in [0.717, 1.165) is 35.5 Å². The van der Waals surface area contributed by atoms with Crippen molar-refractivity contribution in [2.45, 2.75) is 47.8 Å². The van der Waals surface area contributed by atoms with Gasteiger partial charge in [0.15, 0.2) is 3.90 Å². The first-order chi connectivity index (χ1) is 13.7. The van der Waals surface area contributed by atoms with Gasteiger partial charge < -0.3 is 9.84 Å². The van der Waals surface area contributed by atoms with Crippen LogP contribution in [0.1, 0.15) is 43.9 Å². The number of ether oxygens (including phenoxy) is 1. The predicted octanol–water partition coefficient (Wildman–Crippen LogP) is 5.40. The topological polar surface area (TPSA) is 53.5 Å². The van der Waals surface area contributed by atoms with E-state index < -0.39 is 3.90 Å². The molecule has 2 aliphatic heterocycles. The average Bonchev–Trinajstić information content (AvgIpc) is 2.65. The molecule has 2 aromatic rings. The molecule has 0 amide bonds. The van der Waals surface area contributed by atoms with Crippen LogP contribution >= 0.6 is 27.7 Å². The third kappa shape index (κ3) is 4.22. The van der Waals surface area contributed by atoms with E-state index in [4.69, 9.17) is 4.74 Å². The molecule has 6 heteroatoms. The highest BCUT2D eigenvalue weighted by Gasteiger charge is 2.54. The number of hydrogen-bond acceptors (Lipinski definition) is 5. The lowest BCUT2D eigenvalue weighted by Gasteiger charge is -2.56. The summed E-state index contributed by atoms with van der Waals surface area (Å²) in [6.45, 7) is 8.33. The van der Waals surface area contributed by atoms with Gasteiger partial charge in [0.2, 0.25) is 0 Å². The van der Waals surface area contributed by atoms with Crippen LogP contribution in [-0.2, 0) is 5.54 Å². The summed E-state index contributed by atoms with van der Waals surface area (Å²) in [7, 11) is 0. The number of thioether (sulfide) groups is 1. The van der Waals surface area contributed by atoms with Crippen molar-refractivity contribution in [2.24, 2.45) is 0 Å². The van der Waals surface area contributed by atoms with Crippen LogP contribution < -0.4 is 15.4 Å². The van der Waals surface area contributed by atoms with E-state index in [-0.39, 0.29) is 22.9 Å². The Morgan fingerprint density at radius 3 is 2.72 bits per heavy atom. The number of fused-ring (bicyclic) bond motifs is 2. The Labute approximate surface area is 185 Å². The number of rotatable bonds is 4. The molecule has 154 valence electrons. The highest BCUT2D eigenvalue weighted by atomic mass is 79.9. The van der Waals surface area contributed by atoms with E-state index in [1.807, 2.05) is 30.3 Å². The highest BCUT2D eigenvalue weighted by molar-refractivity contribution is 9.11. The molecule has 2 aliphatic rings. The molecule has 0 aliphatic carbocycles. The monoisotopic (exact) mass is 474 g/mol. The third-order valence-corrected chi connectivity index (χ3v) is 7.59. The standard InChI is InChI=1S/C23H27BrN2O2S/c1-4-12-29-23(24)25-21(2,3)15-22(26-23)14-20(16-8-6-5-7-9-16)28-19-13-17(27)10-11-18(19)22/h4-11,13,20,25-27H,1,12,14-15H2,2-3H3/t20-,22+,23+/m1/s1. The normalized spacial score (nSPS) is 30.4. The number of halogens is 1. The van der Waals surface area contributed by atoms with E-state index in [1.165, 1.54) is 0 Å². The van der Waals surface area contributed by atoms with Gasteiger partial charge in [0, 0.05) is 29.3 Å². The van der Waals surface area contributed by atoms with Crippen molar-refractivity contribution in [1.82, 2.24) is 10.6 Å². The second-order valence-corrected chi connectivity index (χ2v) is 11.4. The number of benzene rings is 2. The molecular formula is C23H27BrN2O2S. The van der Waals surface area contributed by atoms with Gasteiger partial charge in [-0.25, -0.2) is 0 Å². The summed E-state index contributed by atoms with van der Waals surface area (Å²) < 4.78 is 5.88. The predicted molar refractivity (Wildman–Crippen MR) is 123 cm³/mol. The Bertz CT molecular complexity index is 907. The number of alkyl halides is 1. The number of phenolic OH excluding ortho intramolecular Hbond substituents is 1. The first kappa shape index (κ1) is 20.8. The maximum atomic E-state index is 10.1. The Balaban J connectivity index is 1.81. The van der Waals surface area contributed by atoms with Crippen molar-refractivity contribution < 1.29 is 9.84 Å².